The van der Waals surface area contributed by atoms with Crippen LogP contribution in [0.15, 0.2) is 53.4 Å². The number of hydrogen-bond acceptors (Lipinski definition) is 6. The number of carbonyl (C=O) groups excluding carboxylic acids is 2. The van der Waals surface area contributed by atoms with Crippen LogP contribution in [0.25, 0.3) is 0 Å². The van der Waals surface area contributed by atoms with Crippen LogP contribution in [0.1, 0.15) is 56.3 Å². The molecule has 0 aromatic heterocycles. The number of benzene rings is 2. The lowest BCUT2D eigenvalue weighted by molar-refractivity contribution is -0.120. The molecule has 1 aliphatic carbocycles. The molecule has 212 valence electrons. The van der Waals surface area contributed by atoms with Crippen LogP contribution in [0.2, 0.25) is 0 Å². The number of rotatable bonds is 8. The summed E-state index contributed by atoms with van der Waals surface area (Å²) >= 11 is 0. The standard InChI is InChI=1S/C29H39N3O6S/c1-20-17-32(21(2)19-33)29(35)25-16-23(30-28(34)22-10-6-4-7-11-22)14-15-26(25)38-27(20)18-31(3)39(36,37)24-12-8-5-9-13-24/h5,8-9,12-16,20-22,27,33H,4,6-7,10-11,17-19H2,1-3H3,(H,30,34)/t20-,21+,27-/m0/s1. The Kier molecular flexibility index (Phi) is 9.30. The Bertz CT molecular complexity index is 1260. The number of nitrogens with one attached hydrogen (secondary N) is 1. The summed E-state index contributed by atoms with van der Waals surface area (Å²) in [6.07, 6.45) is 4.37. The van der Waals surface area contributed by atoms with E-state index in [9.17, 15) is 23.1 Å². The van der Waals surface area contributed by atoms with Crippen LogP contribution in [-0.4, -0.2) is 73.4 Å². The number of aliphatic hydroxyl groups is 1. The van der Waals surface area contributed by atoms with Crippen molar-refractivity contribution in [2.75, 3.05) is 32.1 Å². The fourth-order valence-corrected chi connectivity index (χ4v) is 6.46. The van der Waals surface area contributed by atoms with Crippen molar-refractivity contribution in [1.29, 1.82) is 0 Å². The van der Waals surface area contributed by atoms with E-state index in [1.165, 1.54) is 11.4 Å². The van der Waals surface area contributed by atoms with E-state index in [0.29, 0.717) is 11.4 Å². The summed E-state index contributed by atoms with van der Waals surface area (Å²) in [4.78, 5) is 28.3. The van der Waals surface area contributed by atoms with Crippen LogP contribution in [0, 0.1) is 11.8 Å². The average molecular weight is 558 g/mol. The Hall–Kier alpha value is -2.95. The van der Waals surface area contributed by atoms with Crippen molar-refractivity contribution in [2.45, 2.75) is 63.0 Å². The maximum Gasteiger partial charge on any atom is 0.258 e. The molecule has 0 saturated heterocycles. The largest absolute Gasteiger partial charge is 0.488 e. The zero-order chi connectivity index (χ0) is 28.2. The van der Waals surface area contributed by atoms with Gasteiger partial charge in [0.1, 0.15) is 11.9 Å². The molecule has 0 radical (unpaired) electrons. The van der Waals surface area contributed by atoms with Gasteiger partial charge in [0, 0.05) is 31.1 Å². The molecule has 1 saturated carbocycles. The minimum atomic E-state index is -3.75. The second-order valence-electron chi connectivity index (χ2n) is 10.8. The highest BCUT2D eigenvalue weighted by Crippen LogP contribution is 2.32. The lowest BCUT2D eigenvalue weighted by Gasteiger charge is -2.38. The Morgan fingerprint density at radius 1 is 1.15 bits per heavy atom. The molecular formula is C29H39N3O6S. The molecule has 2 aliphatic rings. The molecule has 0 bridgehead atoms. The molecule has 1 heterocycles. The Morgan fingerprint density at radius 2 is 1.85 bits per heavy atom. The molecule has 2 N–H and O–H groups in total. The SMILES string of the molecule is C[C@H](CO)N1C[C@H](C)[C@H](CN(C)S(=O)(=O)c2ccccc2)Oc2ccc(NC(=O)C3CCCCC3)cc2C1=O. The van der Waals surface area contributed by atoms with Gasteiger partial charge in [-0.3, -0.25) is 9.59 Å². The minimum absolute atomic E-state index is 0.0362. The number of hydrogen-bond donors (Lipinski definition) is 2. The molecule has 1 fully saturated rings. The molecule has 3 atom stereocenters. The fraction of sp³-hybridized carbons (Fsp3) is 0.517. The first-order chi connectivity index (χ1) is 18.6. The van der Waals surface area contributed by atoms with E-state index in [4.69, 9.17) is 4.74 Å². The Balaban J connectivity index is 1.62. The number of likely N-dealkylation sites (N-methyl/N-ethyl adjacent to an activating group) is 1. The van der Waals surface area contributed by atoms with Gasteiger partial charge >= 0.3 is 0 Å². The van der Waals surface area contributed by atoms with Crippen molar-refractivity contribution in [3.05, 3.63) is 54.1 Å². The summed E-state index contributed by atoms with van der Waals surface area (Å²) in [5.41, 5.74) is 0.772. The van der Waals surface area contributed by atoms with Gasteiger partial charge in [-0.25, -0.2) is 8.42 Å². The second-order valence-corrected chi connectivity index (χ2v) is 12.8. The van der Waals surface area contributed by atoms with Gasteiger partial charge in [-0.1, -0.05) is 44.4 Å². The highest BCUT2D eigenvalue weighted by Gasteiger charge is 2.35. The number of aliphatic hydroxyl groups excluding tert-OH is 1. The van der Waals surface area contributed by atoms with Crippen molar-refractivity contribution < 1.29 is 27.9 Å². The van der Waals surface area contributed by atoms with Crippen molar-refractivity contribution in [2.24, 2.45) is 11.8 Å². The van der Waals surface area contributed by atoms with Crippen LogP contribution in [0.5, 0.6) is 5.75 Å². The van der Waals surface area contributed by atoms with Crippen LogP contribution in [0.4, 0.5) is 5.69 Å². The summed E-state index contributed by atoms with van der Waals surface area (Å²) in [7, 11) is -2.24. The summed E-state index contributed by atoms with van der Waals surface area (Å²) in [6.45, 7) is 3.78. The highest BCUT2D eigenvalue weighted by atomic mass is 32.2. The van der Waals surface area contributed by atoms with Gasteiger partial charge in [0.15, 0.2) is 0 Å². The number of nitrogens with zero attached hydrogens (tertiary/aromatic N) is 2. The first-order valence-corrected chi connectivity index (χ1v) is 15.1. The van der Waals surface area contributed by atoms with E-state index in [1.807, 2.05) is 6.92 Å². The quantitative estimate of drug-likeness (QED) is 0.511. The van der Waals surface area contributed by atoms with Gasteiger partial charge in [0.2, 0.25) is 15.9 Å². The molecule has 9 nitrogen and oxygen atoms in total. The van der Waals surface area contributed by atoms with Crippen LogP contribution in [0.3, 0.4) is 0 Å². The van der Waals surface area contributed by atoms with Crippen molar-refractivity contribution in [1.82, 2.24) is 9.21 Å². The number of anilines is 1. The smallest absolute Gasteiger partial charge is 0.258 e. The van der Waals surface area contributed by atoms with E-state index in [2.05, 4.69) is 5.32 Å². The molecule has 2 aromatic rings. The molecule has 0 spiro atoms. The number of sulfonamides is 1. The topological polar surface area (TPSA) is 116 Å². The lowest BCUT2D eigenvalue weighted by Crippen LogP contribution is -2.50. The van der Waals surface area contributed by atoms with E-state index in [0.717, 1.165) is 32.1 Å². The normalized spacial score (nSPS) is 21.5. The third-order valence-electron chi connectivity index (χ3n) is 7.80. The zero-order valence-electron chi connectivity index (χ0n) is 22.9. The second kappa shape index (κ2) is 12.5. The number of carbonyl (C=O) groups is 2. The Labute approximate surface area is 231 Å². The molecule has 4 rings (SSSR count). The molecular weight excluding hydrogens is 518 g/mol. The number of amides is 2. The van der Waals surface area contributed by atoms with Gasteiger partial charge in [-0.2, -0.15) is 4.31 Å². The van der Waals surface area contributed by atoms with E-state index >= 15 is 0 Å². The Morgan fingerprint density at radius 3 is 2.51 bits per heavy atom. The summed E-state index contributed by atoms with van der Waals surface area (Å²) in [6, 6.07) is 12.7. The summed E-state index contributed by atoms with van der Waals surface area (Å²) in [5, 5.41) is 12.9. The number of fused-ring (bicyclic) bond motifs is 1. The predicted molar refractivity (Wildman–Crippen MR) is 149 cm³/mol. The van der Waals surface area contributed by atoms with Crippen molar-refractivity contribution in [3.63, 3.8) is 0 Å². The predicted octanol–water partition coefficient (Wildman–Crippen LogP) is 3.75. The lowest BCUT2D eigenvalue weighted by atomic mass is 9.88. The molecule has 10 heteroatoms. The molecule has 2 aromatic carbocycles. The average Bonchev–Trinajstić information content (AvgIpc) is 2.95. The van der Waals surface area contributed by atoms with Crippen LogP contribution < -0.4 is 10.1 Å². The van der Waals surface area contributed by atoms with Crippen LogP contribution in [-0.2, 0) is 14.8 Å². The fourth-order valence-electron chi connectivity index (χ4n) is 5.25. The molecule has 39 heavy (non-hydrogen) atoms. The maximum absolute atomic E-state index is 13.7. The highest BCUT2D eigenvalue weighted by molar-refractivity contribution is 7.89. The van der Waals surface area contributed by atoms with Gasteiger partial charge in [0.25, 0.3) is 5.91 Å². The number of ether oxygens (including phenoxy) is 1. The molecule has 2 amide bonds. The van der Waals surface area contributed by atoms with Gasteiger partial charge in [-0.05, 0) is 50.1 Å². The van der Waals surface area contributed by atoms with Gasteiger partial charge < -0.3 is 20.1 Å². The van der Waals surface area contributed by atoms with E-state index in [1.54, 1.807) is 60.4 Å². The van der Waals surface area contributed by atoms with Crippen LogP contribution >= 0.6 is 0 Å². The third-order valence-corrected chi connectivity index (χ3v) is 9.63. The van der Waals surface area contributed by atoms with Gasteiger partial charge in [-0.15, -0.1) is 0 Å². The van der Waals surface area contributed by atoms with Crippen molar-refractivity contribution >= 4 is 27.5 Å². The maximum atomic E-state index is 13.7. The summed E-state index contributed by atoms with van der Waals surface area (Å²) in [5.74, 6) is -0.321. The van der Waals surface area contributed by atoms with Gasteiger partial charge in [0.05, 0.1) is 29.7 Å². The van der Waals surface area contributed by atoms with E-state index < -0.39 is 22.2 Å². The third kappa shape index (κ3) is 6.62. The van der Waals surface area contributed by atoms with Crippen molar-refractivity contribution in [3.8, 4) is 5.75 Å². The molecule has 0 unspecified atom stereocenters. The molecule has 1 aliphatic heterocycles. The first-order valence-electron chi connectivity index (χ1n) is 13.7. The first kappa shape index (κ1) is 29.0. The zero-order valence-corrected chi connectivity index (χ0v) is 23.7. The van der Waals surface area contributed by atoms with E-state index in [-0.39, 0.29) is 53.8 Å². The minimum Gasteiger partial charge on any atom is -0.488 e. The monoisotopic (exact) mass is 557 g/mol. The summed E-state index contributed by atoms with van der Waals surface area (Å²) < 4.78 is 34.0.